The van der Waals surface area contributed by atoms with Gasteiger partial charge in [0, 0.05) is 13.0 Å². The number of carbonyl (C=O) groups is 3. The number of unbranched alkanes of at least 4 members (excludes halogenated alkanes) is 6. The van der Waals surface area contributed by atoms with Crippen molar-refractivity contribution in [1.82, 2.24) is 10.6 Å². The number of hydrogen-bond acceptors (Lipinski definition) is 8. The monoisotopic (exact) mass is 571 g/mol. The van der Waals surface area contributed by atoms with Crippen LogP contribution >= 0.6 is 0 Å². The zero-order valence-corrected chi connectivity index (χ0v) is 23.9. The van der Waals surface area contributed by atoms with Crippen molar-refractivity contribution < 1.29 is 36.8 Å². The Morgan fingerprint density at radius 1 is 1.00 bits per heavy atom. The number of carbonyl (C=O) groups excluding carboxylic acids is 3. The van der Waals surface area contributed by atoms with E-state index in [1.807, 2.05) is 30.3 Å². The van der Waals surface area contributed by atoms with Crippen LogP contribution in [-0.2, 0) is 40.4 Å². The molecule has 39 heavy (non-hydrogen) atoms. The van der Waals surface area contributed by atoms with Crippen molar-refractivity contribution in [2.24, 2.45) is 5.73 Å². The molecule has 12 heteroatoms. The lowest BCUT2D eigenvalue weighted by atomic mass is 10.0. The maximum atomic E-state index is 12.5. The Morgan fingerprint density at radius 3 is 2.28 bits per heavy atom. The summed E-state index contributed by atoms with van der Waals surface area (Å²) >= 11 is 0. The van der Waals surface area contributed by atoms with Crippen molar-refractivity contribution in [3.63, 3.8) is 0 Å². The van der Waals surface area contributed by atoms with Gasteiger partial charge in [0.2, 0.25) is 5.91 Å². The normalized spacial score (nSPS) is 16.8. The van der Waals surface area contributed by atoms with Crippen molar-refractivity contribution >= 4 is 27.9 Å². The summed E-state index contributed by atoms with van der Waals surface area (Å²) in [6.07, 6.45) is 6.25. The molecule has 1 saturated heterocycles. The summed E-state index contributed by atoms with van der Waals surface area (Å²) in [7, 11) is -3.72. The molecule has 2 amide bonds. The van der Waals surface area contributed by atoms with Gasteiger partial charge in [-0.25, -0.2) is 4.79 Å². The van der Waals surface area contributed by atoms with E-state index in [1.54, 1.807) is 6.92 Å². The van der Waals surface area contributed by atoms with E-state index in [9.17, 15) is 22.8 Å². The average molecular weight is 572 g/mol. The van der Waals surface area contributed by atoms with Crippen LogP contribution in [0.1, 0.15) is 70.8 Å². The summed E-state index contributed by atoms with van der Waals surface area (Å²) < 4.78 is 38.9. The number of hydrogen-bond donors (Lipinski definition) is 4. The van der Waals surface area contributed by atoms with Gasteiger partial charge in [-0.2, -0.15) is 8.42 Å². The highest BCUT2D eigenvalue weighted by atomic mass is 32.2. The molecular weight excluding hydrogens is 526 g/mol. The zero-order chi connectivity index (χ0) is 29.1. The Labute approximate surface area is 232 Å². The van der Waals surface area contributed by atoms with Gasteiger partial charge in [0.25, 0.3) is 16.0 Å². The summed E-state index contributed by atoms with van der Waals surface area (Å²) in [5.41, 5.74) is 6.37. The second kappa shape index (κ2) is 19.5. The number of ether oxygens (including phenoxy) is 2. The van der Waals surface area contributed by atoms with Crippen LogP contribution in [0.2, 0.25) is 0 Å². The van der Waals surface area contributed by atoms with Crippen molar-refractivity contribution in [3.8, 4) is 0 Å². The second-order valence-corrected chi connectivity index (χ2v) is 10.9. The fraction of sp³-hybridized carbons (Fsp3) is 0.667. The molecular formula is C27H45N3O8S. The molecule has 1 fully saturated rings. The maximum Gasteiger partial charge on any atom is 0.338 e. The van der Waals surface area contributed by atoms with Crippen LogP contribution in [0, 0.1) is 0 Å². The molecule has 1 aliphatic rings. The first-order valence-electron chi connectivity index (χ1n) is 13.7. The number of amides is 2. The van der Waals surface area contributed by atoms with Crippen molar-refractivity contribution in [1.29, 1.82) is 0 Å². The second-order valence-electron chi connectivity index (χ2n) is 9.32. The third-order valence-corrected chi connectivity index (χ3v) is 6.68. The number of nitrogens with two attached hydrogens (primary N) is 1. The van der Waals surface area contributed by atoms with Gasteiger partial charge >= 0.3 is 5.97 Å². The number of esters is 1. The maximum absolute atomic E-state index is 12.5. The summed E-state index contributed by atoms with van der Waals surface area (Å²) in [5, 5.41) is 5.50. The first kappa shape index (κ1) is 34.5. The molecule has 0 radical (unpaired) electrons. The molecule has 0 saturated carbocycles. The third-order valence-electron chi connectivity index (χ3n) is 5.87. The molecule has 2 rings (SSSR count). The van der Waals surface area contributed by atoms with Crippen LogP contribution in [0.4, 0.5) is 0 Å². The highest BCUT2D eigenvalue weighted by Crippen LogP contribution is 2.24. The quantitative estimate of drug-likeness (QED) is 0.0889. The minimum Gasteiger partial charge on any atom is -0.464 e. The fourth-order valence-corrected chi connectivity index (χ4v) is 4.27. The van der Waals surface area contributed by atoms with E-state index in [2.05, 4.69) is 17.6 Å². The predicted molar refractivity (Wildman–Crippen MR) is 148 cm³/mol. The minimum absolute atomic E-state index is 0.0842. The largest absolute Gasteiger partial charge is 0.464 e. The van der Waals surface area contributed by atoms with Gasteiger partial charge in [-0.15, -0.1) is 0 Å². The van der Waals surface area contributed by atoms with Crippen LogP contribution in [0.3, 0.4) is 0 Å². The van der Waals surface area contributed by atoms with Crippen LogP contribution in [0.25, 0.3) is 0 Å². The van der Waals surface area contributed by atoms with Gasteiger partial charge in [-0.1, -0.05) is 69.4 Å². The van der Waals surface area contributed by atoms with E-state index >= 15 is 0 Å². The molecule has 0 unspecified atom stereocenters. The lowest BCUT2D eigenvalue weighted by molar-refractivity contribution is -0.144. The van der Waals surface area contributed by atoms with Gasteiger partial charge in [0.05, 0.1) is 12.4 Å². The molecule has 11 nitrogen and oxygen atoms in total. The van der Waals surface area contributed by atoms with Crippen molar-refractivity contribution in [2.75, 3.05) is 25.4 Å². The Kier molecular flexibility index (Phi) is 17.3. The lowest BCUT2D eigenvalue weighted by Gasteiger charge is -2.18. The molecule has 222 valence electrons. The molecule has 5 N–H and O–H groups in total. The van der Waals surface area contributed by atoms with E-state index in [0.29, 0.717) is 25.9 Å². The van der Waals surface area contributed by atoms with Crippen LogP contribution in [-0.4, -0.2) is 74.5 Å². The number of rotatable bonds is 18. The number of nitrogens with one attached hydrogen (secondary N) is 2. The van der Waals surface area contributed by atoms with Crippen LogP contribution in [0.5, 0.6) is 0 Å². The van der Waals surface area contributed by atoms with Crippen LogP contribution < -0.4 is 16.4 Å². The van der Waals surface area contributed by atoms with Crippen molar-refractivity contribution in [3.05, 3.63) is 35.9 Å². The van der Waals surface area contributed by atoms with E-state index < -0.39 is 40.2 Å². The topological polar surface area (TPSA) is 177 Å². The first-order chi connectivity index (χ1) is 18.6. The van der Waals surface area contributed by atoms with E-state index in [4.69, 9.17) is 19.8 Å². The molecule has 0 spiro atoms. The highest BCUT2D eigenvalue weighted by molar-refractivity contribution is 7.85. The Balaban J connectivity index is 0.000000534. The standard InChI is InChI=1S/C19H27N3O5.C8H18O3S/c1-2-26-19(25)16-15(27-16)18(24)22-14(12-13-8-4-3-5-9-13)17(23)21-11-7-6-10-20;1-2-3-4-5-6-7-8-12(9,10)11/h3-5,8-9,14-16H,2,6-7,10-12,20H2,1H3,(H,21,23)(H,22,24);2-8H2,1H3,(H,9,10,11)/t14-,15-,16-;/m0./s1. The summed E-state index contributed by atoms with van der Waals surface area (Å²) in [6.45, 7) is 5.09. The summed E-state index contributed by atoms with van der Waals surface area (Å²) in [4.78, 5) is 36.5. The molecule has 0 bridgehead atoms. The minimum atomic E-state index is -3.72. The molecule has 0 aromatic heterocycles. The molecule has 1 heterocycles. The van der Waals surface area contributed by atoms with Gasteiger partial charge in [-0.3, -0.25) is 14.1 Å². The van der Waals surface area contributed by atoms with Crippen molar-refractivity contribution in [2.45, 2.75) is 89.9 Å². The smallest absolute Gasteiger partial charge is 0.338 e. The first-order valence-corrected chi connectivity index (χ1v) is 15.3. The summed E-state index contributed by atoms with van der Waals surface area (Å²) in [6, 6.07) is 8.63. The molecule has 3 atom stereocenters. The molecule has 1 aromatic carbocycles. The molecule has 1 aromatic rings. The van der Waals surface area contributed by atoms with E-state index in [0.717, 1.165) is 31.2 Å². The SMILES string of the molecule is CCCCCCCCS(=O)(=O)O.CCOC(=O)[C@H]1O[C@@H]1C(=O)N[C@@H](Cc1ccccc1)C(=O)NCCCCN. The average Bonchev–Trinajstić information content (AvgIpc) is 3.70. The third kappa shape index (κ3) is 16.2. The van der Waals surface area contributed by atoms with Gasteiger partial charge in [0.15, 0.2) is 12.2 Å². The fourth-order valence-electron chi connectivity index (χ4n) is 3.70. The molecule has 0 aliphatic carbocycles. The van der Waals surface area contributed by atoms with Gasteiger partial charge in [-0.05, 0) is 38.3 Å². The van der Waals surface area contributed by atoms with Gasteiger partial charge < -0.3 is 25.8 Å². The zero-order valence-electron chi connectivity index (χ0n) is 23.1. The Bertz CT molecular complexity index is 959. The Morgan fingerprint density at radius 2 is 1.67 bits per heavy atom. The molecule has 1 aliphatic heterocycles. The van der Waals surface area contributed by atoms with Crippen LogP contribution in [0.15, 0.2) is 30.3 Å². The van der Waals surface area contributed by atoms with E-state index in [-0.39, 0.29) is 18.3 Å². The lowest BCUT2D eigenvalue weighted by Crippen LogP contribution is -2.49. The van der Waals surface area contributed by atoms with Gasteiger partial charge in [0.1, 0.15) is 6.04 Å². The number of benzene rings is 1. The van der Waals surface area contributed by atoms with E-state index in [1.165, 1.54) is 19.3 Å². The predicted octanol–water partition coefficient (Wildman–Crippen LogP) is 2.13. The number of epoxide rings is 1. The Hall–Kier alpha value is -2.54. The summed E-state index contributed by atoms with van der Waals surface area (Å²) in [5.74, 6) is -1.42. The highest BCUT2D eigenvalue weighted by Gasteiger charge is 2.52.